The zero-order valence-electron chi connectivity index (χ0n) is 11.2. The molecule has 1 aromatic carbocycles. The molecule has 0 fully saturated rings. The third kappa shape index (κ3) is 2.92. The number of aryl methyl sites for hydroxylation is 1. The maximum absolute atomic E-state index is 4.63. The second-order valence-electron chi connectivity index (χ2n) is 4.45. The highest BCUT2D eigenvalue weighted by Crippen LogP contribution is 2.21. The third-order valence-corrected chi connectivity index (χ3v) is 3.83. The first-order valence-electron chi connectivity index (χ1n) is 6.36. The smallest absolute Gasteiger partial charge is 0.146 e. The predicted molar refractivity (Wildman–Crippen MR) is 79.1 cm³/mol. The van der Waals surface area contributed by atoms with Gasteiger partial charge in [0.15, 0.2) is 0 Å². The van der Waals surface area contributed by atoms with Gasteiger partial charge in [-0.1, -0.05) is 30.3 Å². The summed E-state index contributed by atoms with van der Waals surface area (Å²) in [6, 6.07) is 10.2. The highest BCUT2D eigenvalue weighted by atomic mass is 32.1. The van der Waals surface area contributed by atoms with Crippen molar-refractivity contribution in [3.05, 3.63) is 52.9 Å². The Morgan fingerprint density at radius 2 is 2.05 bits per heavy atom. The van der Waals surface area contributed by atoms with Gasteiger partial charge in [-0.05, 0) is 0 Å². The van der Waals surface area contributed by atoms with Crippen molar-refractivity contribution in [1.29, 1.82) is 0 Å². The zero-order chi connectivity index (χ0) is 13.8. The molecule has 0 atom stereocenters. The van der Waals surface area contributed by atoms with Crippen LogP contribution in [0, 0.1) is 0 Å². The SMILES string of the molecule is Cn1cnnc1CNCc1nc(-c2ccccc2)cs1. The molecule has 5 nitrogen and oxygen atoms in total. The lowest BCUT2D eigenvalue weighted by molar-refractivity contribution is 0.635. The molecule has 0 spiro atoms. The summed E-state index contributed by atoms with van der Waals surface area (Å²) in [5.74, 6) is 0.921. The minimum atomic E-state index is 0.691. The fourth-order valence-electron chi connectivity index (χ4n) is 1.88. The van der Waals surface area contributed by atoms with E-state index in [1.807, 2.05) is 29.8 Å². The van der Waals surface area contributed by atoms with Gasteiger partial charge in [0.05, 0.1) is 12.2 Å². The van der Waals surface area contributed by atoms with Crippen molar-refractivity contribution >= 4 is 11.3 Å². The van der Waals surface area contributed by atoms with E-state index in [1.54, 1.807) is 17.7 Å². The normalized spacial score (nSPS) is 10.8. The van der Waals surface area contributed by atoms with Crippen LogP contribution < -0.4 is 5.32 Å². The van der Waals surface area contributed by atoms with Crippen LogP contribution in [0.15, 0.2) is 42.0 Å². The lowest BCUT2D eigenvalue weighted by Crippen LogP contribution is -2.15. The van der Waals surface area contributed by atoms with Crippen LogP contribution in [0.4, 0.5) is 0 Å². The average Bonchev–Trinajstić information content (AvgIpc) is 3.10. The number of rotatable bonds is 5. The Hall–Kier alpha value is -2.05. The quantitative estimate of drug-likeness (QED) is 0.781. The van der Waals surface area contributed by atoms with Crippen molar-refractivity contribution < 1.29 is 0 Å². The van der Waals surface area contributed by atoms with Crippen LogP contribution in [0.2, 0.25) is 0 Å². The van der Waals surface area contributed by atoms with Crippen LogP contribution in [0.1, 0.15) is 10.8 Å². The van der Waals surface area contributed by atoms with Crippen LogP contribution in [-0.4, -0.2) is 19.7 Å². The predicted octanol–water partition coefficient (Wildman–Crippen LogP) is 2.23. The molecule has 3 aromatic rings. The molecule has 0 unspecified atom stereocenters. The van der Waals surface area contributed by atoms with Gasteiger partial charge >= 0.3 is 0 Å². The van der Waals surface area contributed by atoms with Gasteiger partial charge in [0.1, 0.15) is 17.2 Å². The van der Waals surface area contributed by atoms with E-state index in [-0.39, 0.29) is 0 Å². The molecule has 0 aliphatic carbocycles. The van der Waals surface area contributed by atoms with Crippen molar-refractivity contribution in [3.8, 4) is 11.3 Å². The maximum atomic E-state index is 4.63. The maximum Gasteiger partial charge on any atom is 0.146 e. The third-order valence-electron chi connectivity index (χ3n) is 2.99. The minimum absolute atomic E-state index is 0.691. The van der Waals surface area contributed by atoms with Crippen LogP contribution in [0.3, 0.4) is 0 Å². The lowest BCUT2D eigenvalue weighted by Gasteiger charge is -2.01. The monoisotopic (exact) mass is 285 g/mol. The molecule has 0 bridgehead atoms. The van der Waals surface area contributed by atoms with Gasteiger partial charge in [0.2, 0.25) is 0 Å². The number of hydrogen-bond acceptors (Lipinski definition) is 5. The Kier molecular flexibility index (Phi) is 3.85. The summed E-state index contributed by atoms with van der Waals surface area (Å²) in [4.78, 5) is 4.63. The first-order chi connectivity index (χ1) is 9.83. The molecule has 0 aliphatic rings. The molecule has 0 aliphatic heterocycles. The van der Waals surface area contributed by atoms with E-state index in [9.17, 15) is 0 Å². The van der Waals surface area contributed by atoms with Crippen molar-refractivity contribution in [1.82, 2.24) is 25.1 Å². The van der Waals surface area contributed by atoms with E-state index in [0.717, 1.165) is 28.6 Å². The number of thiazole rings is 1. The standard InChI is InChI=1S/C14H15N5S/c1-19-10-16-18-13(19)7-15-8-14-17-12(9-20-14)11-5-3-2-4-6-11/h2-6,9-10,15H,7-8H2,1H3. The summed E-state index contributed by atoms with van der Waals surface area (Å²) in [5.41, 5.74) is 2.19. The lowest BCUT2D eigenvalue weighted by atomic mass is 10.2. The van der Waals surface area contributed by atoms with Gasteiger partial charge in [-0.25, -0.2) is 4.98 Å². The molecule has 20 heavy (non-hydrogen) atoms. The van der Waals surface area contributed by atoms with Crippen molar-refractivity contribution in [2.75, 3.05) is 0 Å². The van der Waals surface area contributed by atoms with Gasteiger partial charge in [-0.3, -0.25) is 0 Å². The summed E-state index contributed by atoms with van der Waals surface area (Å²) >= 11 is 1.67. The van der Waals surface area contributed by atoms with E-state index in [1.165, 1.54) is 0 Å². The average molecular weight is 285 g/mol. The summed E-state index contributed by atoms with van der Waals surface area (Å²) in [6.07, 6.45) is 1.70. The van der Waals surface area contributed by atoms with E-state index in [4.69, 9.17) is 0 Å². The van der Waals surface area contributed by atoms with Gasteiger partial charge < -0.3 is 9.88 Å². The zero-order valence-corrected chi connectivity index (χ0v) is 12.0. The molecule has 0 radical (unpaired) electrons. The summed E-state index contributed by atoms with van der Waals surface area (Å²) in [6.45, 7) is 1.43. The largest absolute Gasteiger partial charge is 0.320 e. The number of nitrogens with one attached hydrogen (secondary N) is 1. The van der Waals surface area contributed by atoms with Crippen LogP contribution in [-0.2, 0) is 20.1 Å². The molecule has 3 rings (SSSR count). The molecule has 1 N–H and O–H groups in total. The summed E-state index contributed by atoms with van der Waals surface area (Å²) < 4.78 is 1.91. The summed E-state index contributed by atoms with van der Waals surface area (Å²) in [7, 11) is 1.94. The molecule has 0 saturated heterocycles. The summed E-state index contributed by atoms with van der Waals surface area (Å²) in [5, 5.41) is 14.4. The second-order valence-corrected chi connectivity index (χ2v) is 5.40. The topological polar surface area (TPSA) is 55.6 Å². The number of nitrogens with zero attached hydrogens (tertiary/aromatic N) is 4. The molecular formula is C14H15N5S. The molecular weight excluding hydrogens is 270 g/mol. The molecule has 2 aromatic heterocycles. The number of hydrogen-bond donors (Lipinski definition) is 1. The Labute approximate surface area is 121 Å². The molecule has 0 amide bonds. The second kappa shape index (κ2) is 5.94. The van der Waals surface area contributed by atoms with E-state index in [0.29, 0.717) is 6.54 Å². The Morgan fingerprint density at radius 1 is 1.20 bits per heavy atom. The Balaban J connectivity index is 1.59. The van der Waals surface area contributed by atoms with Gasteiger partial charge in [0.25, 0.3) is 0 Å². The van der Waals surface area contributed by atoms with Crippen molar-refractivity contribution in [2.45, 2.75) is 13.1 Å². The van der Waals surface area contributed by atoms with Crippen LogP contribution >= 0.6 is 11.3 Å². The Bertz CT molecular complexity index is 674. The fourth-order valence-corrected chi connectivity index (χ4v) is 2.65. The first kappa shape index (κ1) is 13.0. The van der Waals surface area contributed by atoms with E-state index < -0.39 is 0 Å². The van der Waals surface area contributed by atoms with Crippen LogP contribution in [0.5, 0.6) is 0 Å². The van der Waals surface area contributed by atoms with Crippen molar-refractivity contribution in [3.63, 3.8) is 0 Å². The number of benzene rings is 1. The van der Waals surface area contributed by atoms with Crippen molar-refractivity contribution in [2.24, 2.45) is 7.05 Å². The fraction of sp³-hybridized carbons (Fsp3) is 0.214. The highest BCUT2D eigenvalue weighted by Gasteiger charge is 2.05. The van der Waals surface area contributed by atoms with E-state index >= 15 is 0 Å². The van der Waals surface area contributed by atoms with Gasteiger partial charge in [0, 0.05) is 24.5 Å². The van der Waals surface area contributed by atoms with E-state index in [2.05, 4.69) is 38.0 Å². The highest BCUT2D eigenvalue weighted by molar-refractivity contribution is 7.09. The minimum Gasteiger partial charge on any atom is -0.320 e. The molecule has 2 heterocycles. The number of aromatic nitrogens is 4. The van der Waals surface area contributed by atoms with Gasteiger partial charge in [-0.2, -0.15) is 0 Å². The molecule has 102 valence electrons. The van der Waals surface area contributed by atoms with Gasteiger partial charge in [-0.15, -0.1) is 21.5 Å². The molecule has 6 heteroatoms. The Morgan fingerprint density at radius 3 is 2.80 bits per heavy atom. The van der Waals surface area contributed by atoms with Crippen LogP contribution in [0.25, 0.3) is 11.3 Å². The first-order valence-corrected chi connectivity index (χ1v) is 7.24. The molecule has 0 saturated carbocycles.